The molecule has 0 N–H and O–H groups in total. The molecule has 0 aromatic heterocycles. The summed E-state index contributed by atoms with van der Waals surface area (Å²) in [6.07, 6.45) is 4.52. The summed E-state index contributed by atoms with van der Waals surface area (Å²) in [6.45, 7) is 1.97. The molecule has 0 amide bonds. The van der Waals surface area contributed by atoms with E-state index in [0.29, 0.717) is 4.48 Å². The number of hydrogen-bond acceptors (Lipinski definition) is 5. The minimum atomic E-state index is -0.963. The van der Waals surface area contributed by atoms with Crippen molar-refractivity contribution in [3.63, 3.8) is 0 Å². The molecule has 18 heavy (non-hydrogen) atoms. The molecule has 0 unspecified atom stereocenters. The van der Waals surface area contributed by atoms with Crippen molar-refractivity contribution in [3.8, 4) is 0 Å². The number of alkyl halides is 1. The SMILES string of the molecule is CCOC(=O)C1=NO[C@]2(C=CC(=O)C(Br)=C2)[C@@H]1Br. The van der Waals surface area contributed by atoms with Crippen molar-refractivity contribution < 1.29 is 19.2 Å². The molecule has 1 aliphatic heterocycles. The van der Waals surface area contributed by atoms with Gasteiger partial charge >= 0.3 is 5.97 Å². The number of ether oxygens (including phenoxy) is 1. The largest absolute Gasteiger partial charge is 0.461 e. The lowest BCUT2D eigenvalue weighted by molar-refractivity contribution is -0.135. The Hall–Kier alpha value is -0.950. The van der Waals surface area contributed by atoms with Crippen LogP contribution in [0.3, 0.4) is 0 Å². The topological polar surface area (TPSA) is 65.0 Å². The second-order valence-corrected chi connectivity index (χ2v) is 5.46. The Bertz CT molecular complexity index is 497. The van der Waals surface area contributed by atoms with Gasteiger partial charge in [-0.3, -0.25) is 4.79 Å². The van der Waals surface area contributed by atoms with Crippen LogP contribution in [0.1, 0.15) is 6.92 Å². The van der Waals surface area contributed by atoms with Gasteiger partial charge in [0.2, 0.25) is 0 Å². The number of ketones is 1. The minimum absolute atomic E-state index is 0.146. The number of esters is 1. The van der Waals surface area contributed by atoms with Crippen LogP contribution in [0, 0.1) is 0 Å². The van der Waals surface area contributed by atoms with E-state index >= 15 is 0 Å². The first-order chi connectivity index (χ1) is 8.50. The Morgan fingerprint density at radius 2 is 2.39 bits per heavy atom. The van der Waals surface area contributed by atoms with E-state index in [1.54, 1.807) is 19.1 Å². The molecule has 2 rings (SSSR count). The average molecular weight is 379 g/mol. The Morgan fingerprint density at radius 1 is 1.67 bits per heavy atom. The fraction of sp³-hybridized carbons (Fsp3) is 0.364. The van der Waals surface area contributed by atoms with Gasteiger partial charge in [-0.1, -0.05) is 21.1 Å². The minimum Gasteiger partial charge on any atom is -0.461 e. The van der Waals surface area contributed by atoms with Crippen LogP contribution in [0.15, 0.2) is 27.9 Å². The molecule has 2 aliphatic rings. The van der Waals surface area contributed by atoms with E-state index in [-0.39, 0.29) is 18.1 Å². The molecule has 0 aromatic rings. The monoisotopic (exact) mass is 377 g/mol. The first kappa shape index (κ1) is 13.5. The number of allylic oxidation sites excluding steroid dienone is 2. The van der Waals surface area contributed by atoms with Gasteiger partial charge in [0, 0.05) is 0 Å². The second-order valence-electron chi connectivity index (χ2n) is 3.69. The lowest BCUT2D eigenvalue weighted by Gasteiger charge is -2.25. The summed E-state index contributed by atoms with van der Waals surface area (Å²) >= 11 is 6.50. The van der Waals surface area contributed by atoms with Crippen LogP contribution in [-0.4, -0.2) is 34.5 Å². The number of nitrogens with zero attached hydrogens (tertiary/aromatic N) is 1. The first-order valence-corrected chi connectivity index (χ1v) is 6.90. The molecule has 1 aliphatic carbocycles. The first-order valence-electron chi connectivity index (χ1n) is 5.19. The number of oxime groups is 1. The van der Waals surface area contributed by atoms with E-state index < -0.39 is 16.4 Å². The Kier molecular flexibility index (Phi) is 3.72. The molecule has 0 saturated carbocycles. The molecular formula is C11H9Br2NO4. The van der Waals surface area contributed by atoms with Crippen molar-refractivity contribution in [1.29, 1.82) is 0 Å². The van der Waals surface area contributed by atoms with Crippen molar-refractivity contribution in [1.82, 2.24) is 0 Å². The summed E-state index contributed by atoms with van der Waals surface area (Å²) in [4.78, 5) is 27.8. The van der Waals surface area contributed by atoms with Gasteiger partial charge in [-0.2, -0.15) is 0 Å². The number of rotatable bonds is 2. The molecule has 96 valence electrons. The molecule has 2 atom stereocenters. The summed E-state index contributed by atoms with van der Waals surface area (Å²) < 4.78 is 5.25. The zero-order valence-electron chi connectivity index (χ0n) is 9.35. The van der Waals surface area contributed by atoms with Crippen molar-refractivity contribution in [2.75, 3.05) is 6.61 Å². The Balaban J connectivity index is 2.25. The molecule has 1 spiro atoms. The van der Waals surface area contributed by atoms with Gasteiger partial charge in [-0.25, -0.2) is 4.79 Å². The van der Waals surface area contributed by atoms with Crippen molar-refractivity contribution in [2.45, 2.75) is 17.4 Å². The van der Waals surface area contributed by atoms with Crippen LogP contribution >= 0.6 is 31.9 Å². The van der Waals surface area contributed by atoms with Gasteiger partial charge in [-0.15, -0.1) is 0 Å². The fourth-order valence-electron chi connectivity index (χ4n) is 1.60. The summed E-state index contributed by atoms with van der Waals surface area (Å²) in [7, 11) is 0. The highest BCUT2D eigenvalue weighted by atomic mass is 79.9. The smallest absolute Gasteiger partial charge is 0.357 e. The maximum atomic E-state index is 11.6. The van der Waals surface area contributed by atoms with E-state index in [4.69, 9.17) is 9.57 Å². The highest BCUT2D eigenvalue weighted by Crippen LogP contribution is 2.37. The highest BCUT2D eigenvalue weighted by Gasteiger charge is 2.49. The standard InChI is InChI=1S/C11H9Br2NO4/c1-2-17-10(16)8-9(13)11(18-14-8)4-3-7(15)6(12)5-11/h3-5,9H,2H2,1H3/t9-,11+/m1/s1. The normalized spacial score (nSPS) is 29.9. The lowest BCUT2D eigenvalue weighted by atomic mass is 9.92. The zero-order chi connectivity index (χ0) is 13.3. The molecule has 0 fully saturated rings. The van der Waals surface area contributed by atoms with Gasteiger partial charge in [0.25, 0.3) is 0 Å². The molecule has 0 bridgehead atoms. The molecule has 1 heterocycles. The van der Waals surface area contributed by atoms with E-state index in [1.807, 2.05) is 0 Å². The van der Waals surface area contributed by atoms with Crippen LogP contribution in [0.25, 0.3) is 0 Å². The van der Waals surface area contributed by atoms with Crippen molar-refractivity contribution in [3.05, 3.63) is 22.7 Å². The maximum Gasteiger partial charge on any atom is 0.357 e. The molecule has 5 nitrogen and oxygen atoms in total. The number of halogens is 2. The van der Waals surface area contributed by atoms with Gasteiger partial charge in [0.1, 0.15) is 4.83 Å². The van der Waals surface area contributed by atoms with Gasteiger partial charge in [0.15, 0.2) is 17.1 Å². The molecular weight excluding hydrogens is 370 g/mol. The third kappa shape index (κ3) is 2.16. The maximum absolute atomic E-state index is 11.6. The molecule has 0 saturated heterocycles. The second kappa shape index (κ2) is 4.97. The van der Waals surface area contributed by atoms with Crippen molar-refractivity contribution >= 4 is 49.3 Å². The fourth-order valence-corrected chi connectivity index (χ4v) is 2.73. The molecule has 0 aromatic carbocycles. The van der Waals surface area contributed by atoms with E-state index in [9.17, 15) is 9.59 Å². The van der Waals surface area contributed by atoms with Gasteiger partial charge in [-0.05, 0) is 41.1 Å². The number of carbonyl (C=O) groups excluding carboxylic acids is 2. The van der Waals surface area contributed by atoms with E-state index in [0.717, 1.165) is 0 Å². The van der Waals surface area contributed by atoms with Gasteiger partial charge < -0.3 is 9.57 Å². The van der Waals surface area contributed by atoms with Crippen LogP contribution in [0.5, 0.6) is 0 Å². The molecule has 0 radical (unpaired) electrons. The quantitative estimate of drug-likeness (QED) is 0.543. The lowest BCUT2D eigenvalue weighted by Crippen LogP contribution is -2.40. The van der Waals surface area contributed by atoms with Crippen LogP contribution in [0.4, 0.5) is 0 Å². The summed E-state index contributed by atoms with van der Waals surface area (Å²) in [5.74, 6) is -0.695. The summed E-state index contributed by atoms with van der Waals surface area (Å²) in [5, 5.41) is 3.74. The van der Waals surface area contributed by atoms with E-state index in [2.05, 4.69) is 37.0 Å². The highest BCUT2D eigenvalue weighted by molar-refractivity contribution is 9.12. The Morgan fingerprint density at radius 3 is 3.00 bits per heavy atom. The summed E-state index contributed by atoms with van der Waals surface area (Å²) in [5.41, 5.74) is -0.818. The molecule has 7 heteroatoms. The summed E-state index contributed by atoms with van der Waals surface area (Å²) in [6, 6.07) is 0. The average Bonchev–Trinajstić information content (AvgIpc) is 2.63. The van der Waals surface area contributed by atoms with Crippen LogP contribution < -0.4 is 0 Å². The zero-order valence-corrected chi connectivity index (χ0v) is 12.5. The van der Waals surface area contributed by atoms with Crippen LogP contribution in [-0.2, 0) is 19.2 Å². The predicted octanol–water partition coefficient (Wildman–Crippen LogP) is 1.86. The van der Waals surface area contributed by atoms with Crippen molar-refractivity contribution in [2.24, 2.45) is 5.16 Å². The van der Waals surface area contributed by atoms with Crippen LogP contribution in [0.2, 0.25) is 0 Å². The van der Waals surface area contributed by atoms with E-state index in [1.165, 1.54) is 6.08 Å². The Labute approximate surface area is 120 Å². The third-order valence-corrected chi connectivity index (χ3v) is 4.27. The predicted molar refractivity (Wildman–Crippen MR) is 71.8 cm³/mol. The third-order valence-electron chi connectivity index (χ3n) is 2.51. The number of hydrogen-bond donors (Lipinski definition) is 0. The van der Waals surface area contributed by atoms with Gasteiger partial charge in [0.05, 0.1) is 11.1 Å². The number of carbonyl (C=O) groups is 2.